The molecule has 1 aliphatic rings. The summed E-state index contributed by atoms with van der Waals surface area (Å²) in [4.78, 5) is 0. The molecule has 1 aromatic carbocycles. The van der Waals surface area contributed by atoms with E-state index in [2.05, 4.69) is 63.3 Å². The fourth-order valence-electron chi connectivity index (χ4n) is 2.21. The first kappa shape index (κ1) is 10.2. The summed E-state index contributed by atoms with van der Waals surface area (Å²) < 4.78 is 0. The molecule has 0 bridgehead atoms. The lowest BCUT2D eigenvalue weighted by atomic mass is 9.82. The summed E-state index contributed by atoms with van der Waals surface area (Å²) in [7, 11) is 0. The largest absolute Gasteiger partial charge is 0.0778 e. The predicted molar refractivity (Wildman–Crippen MR) is 66.0 cm³/mol. The van der Waals surface area contributed by atoms with Gasteiger partial charge in [0.25, 0.3) is 0 Å². The monoisotopic (exact) mass is 198 g/mol. The zero-order valence-corrected chi connectivity index (χ0v) is 9.70. The predicted octanol–water partition coefficient (Wildman–Crippen LogP) is 4.23. The Morgan fingerprint density at radius 2 is 1.67 bits per heavy atom. The molecule has 2 unspecified atom stereocenters. The first-order valence-corrected chi connectivity index (χ1v) is 5.60. The molecule has 0 saturated carbocycles. The molecule has 2 rings (SSSR count). The Labute approximate surface area is 92.3 Å². The molecule has 0 heteroatoms. The van der Waals surface area contributed by atoms with E-state index in [1.165, 1.54) is 16.7 Å². The molecule has 0 nitrogen and oxygen atoms in total. The van der Waals surface area contributed by atoms with Gasteiger partial charge in [-0.1, -0.05) is 60.6 Å². The molecule has 0 amide bonds. The van der Waals surface area contributed by atoms with Crippen molar-refractivity contribution in [2.24, 2.45) is 5.92 Å². The zero-order chi connectivity index (χ0) is 10.8. The van der Waals surface area contributed by atoms with Crippen molar-refractivity contribution in [2.75, 3.05) is 0 Å². The highest BCUT2D eigenvalue weighted by Crippen LogP contribution is 2.31. The number of hydrogen-bond acceptors (Lipinski definition) is 0. The van der Waals surface area contributed by atoms with Crippen molar-refractivity contribution in [3.05, 3.63) is 59.2 Å². The summed E-state index contributed by atoms with van der Waals surface area (Å²) >= 11 is 0. The number of allylic oxidation sites excluding steroid dienone is 4. The smallest absolute Gasteiger partial charge is 0.00815 e. The SMILES string of the molecule is CC1=CC(C)C(c2ccc(C)cc2)C=C1. The van der Waals surface area contributed by atoms with Crippen LogP contribution in [0.1, 0.15) is 30.9 Å². The van der Waals surface area contributed by atoms with Crippen molar-refractivity contribution in [1.29, 1.82) is 0 Å². The van der Waals surface area contributed by atoms with Gasteiger partial charge in [0.05, 0.1) is 0 Å². The lowest BCUT2D eigenvalue weighted by molar-refractivity contribution is 0.630. The van der Waals surface area contributed by atoms with Crippen molar-refractivity contribution >= 4 is 0 Å². The van der Waals surface area contributed by atoms with Crippen molar-refractivity contribution < 1.29 is 0 Å². The normalized spacial score (nSPS) is 25.1. The summed E-state index contributed by atoms with van der Waals surface area (Å²) in [5.74, 6) is 1.16. The summed E-state index contributed by atoms with van der Waals surface area (Å²) in [5, 5.41) is 0. The summed E-state index contributed by atoms with van der Waals surface area (Å²) in [5.41, 5.74) is 4.14. The fourth-order valence-corrected chi connectivity index (χ4v) is 2.21. The van der Waals surface area contributed by atoms with Crippen LogP contribution in [0.3, 0.4) is 0 Å². The Kier molecular flexibility index (Phi) is 2.77. The molecule has 0 radical (unpaired) electrons. The van der Waals surface area contributed by atoms with E-state index in [4.69, 9.17) is 0 Å². The van der Waals surface area contributed by atoms with Gasteiger partial charge in [0.2, 0.25) is 0 Å². The minimum atomic E-state index is 0.550. The van der Waals surface area contributed by atoms with Crippen LogP contribution in [0.2, 0.25) is 0 Å². The molecule has 0 heterocycles. The van der Waals surface area contributed by atoms with E-state index in [-0.39, 0.29) is 0 Å². The number of rotatable bonds is 1. The fraction of sp³-hybridized carbons (Fsp3) is 0.333. The van der Waals surface area contributed by atoms with Crippen LogP contribution in [-0.2, 0) is 0 Å². The van der Waals surface area contributed by atoms with Gasteiger partial charge in [0, 0.05) is 5.92 Å². The molecule has 0 aromatic heterocycles. The Morgan fingerprint density at radius 3 is 2.27 bits per heavy atom. The number of hydrogen-bond donors (Lipinski definition) is 0. The molecular weight excluding hydrogens is 180 g/mol. The van der Waals surface area contributed by atoms with Gasteiger partial charge in [-0.2, -0.15) is 0 Å². The van der Waals surface area contributed by atoms with Crippen molar-refractivity contribution in [3.63, 3.8) is 0 Å². The van der Waals surface area contributed by atoms with Crippen LogP contribution in [-0.4, -0.2) is 0 Å². The molecular formula is C15H18. The highest BCUT2D eigenvalue weighted by Gasteiger charge is 2.17. The van der Waals surface area contributed by atoms with Crippen molar-refractivity contribution in [1.82, 2.24) is 0 Å². The Balaban J connectivity index is 2.26. The second-order valence-electron chi connectivity index (χ2n) is 4.57. The lowest BCUT2D eigenvalue weighted by Crippen LogP contribution is -2.08. The van der Waals surface area contributed by atoms with E-state index < -0.39 is 0 Å². The van der Waals surface area contributed by atoms with Gasteiger partial charge < -0.3 is 0 Å². The van der Waals surface area contributed by atoms with Crippen molar-refractivity contribution in [2.45, 2.75) is 26.7 Å². The molecule has 1 aromatic rings. The molecule has 2 atom stereocenters. The third-order valence-corrected chi connectivity index (χ3v) is 3.12. The van der Waals surface area contributed by atoms with Crippen LogP contribution >= 0.6 is 0 Å². The second kappa shape index (κ2) is 4.06. The third-order valence-electron chi connectivity index (χ3n) is 3.12. The van der Waals surface area contributed by atoms with Crippen LogP contribution in [0.15, 0.2) is 48.1 Å². The Bertz CT molecular complexity index is 393. The quantitative estimate of drug-likeness (QED) is 0.633. The molecule has 1 aliphatic carbocycles. The van der Waals surface area contributed by atoms with Gasteiger partial charge in [0.1, 0.15) is 0 Å². The van der Waals surface area contributed by atoms with Gasteiger partial charge in [-0.3, -0.25) is 0 Å². The third kappa shape index (κ3) is 2.20. The first-order chi connectivity index (χ1) is 7.16. The first-order valence-electron chi connectivity index (χ1n) is 5.60. The van der Waals surface area contributed by atoms with E-state index in [1.54, 1.807) is 0 Å². The van der Waals surface area contributed by atoms with Gasteiger partial charge in [-0.05, 0) is 25.3 Å². The van der Waals surface area contributed by atoms with E-state index >= 15 is 0 Å². The van der Waals surface area contributed by atoms with E-state index in [1.807, 2.05) is 0 Å². The molecule has 0 saturated heterocycles. The van der Waals surface area contributed by atoms with Gasteiger partial charge in [-0.15, -0.1) is 0 Å². The van der Waals surface area contributed by atoms with Crippen LogP contribution in [0.25, 0.3) is 0 Å². The van der Waals surface area contributed by atoms with Gasteiger partial charge >= 0.3 is 0 Å². The van der Waals surface area contributed by atoms with Crippen LogP contribution < -0.4 is 0 Å². The van der Waals surface area contributed by atoms with Crippen LogP contribution in [0.5, 0.6) is 0 Å². The molecule has 0 N–H and O–H groups in total. The summed E-state index contributed by atoms with van der Waals surface area (Å²) in [6.45, 7) is 6.59. The standard InChI is InChI=1S/C15H18/c1-11-4-7-14(8-5-11)15-9-6-12(2)10-13(15)3/h4-10,13,15H,1-3H3. The average Bonchev–Trinajstić information content (AvgIpc) is 2.20. The molecule has 0 aliphatic heterocycles. The maximum atomic E-state index is 2.35. The Morgan fingerprint density at radius 1 is 1.00 bits per heavy atom. The number of aryl methyl sites for hydroxylation is 1. The van der Waals surface area contributed by atoms with E-state index in [9.17, 15) is 0 Å². The summed E-state index contributed by atoms with van der Waals surface area (Å²) in [6, 6.07) is 8.88. The molecule has 15 heavy (non-hydrogen) atoms. The number of benzene rings is 1. The van der Waals surface area contributed by atoms with Crippen LogP contribution in [0.4, 0.5) is 0 Å². The van der Waals surface area contributed by atoms with Gasteiger partial charge in [0.15, 0.2) is 0 Å². The molecule has 0 spiro atoms. The van der Waals surface area contributed by atoms with Gasteiger partial charge in [-0.25, -0.2) is 0 Å². The lowest BCUT2D eigenvalue weighted by Gasteiger charge is -2.22. The molecule has 0 fully saturated rings. The maximum Gasteiger partial charge on any atom is 0.00815 e. The maximum absolute atomic E-state index is 2.35. The average molecular weight is 198 g/mol. The van der Waals surface area contributed by atoms with E-state index in [0.29, 0.717) is 11.8 Å². The highest BCUT2D eigenvalue weighted by molar-refractivity contribution is 5.34. The van der Waals surface area contributed by atoms with Crippen molar-refractivity contribution in [3.8, 4) is 0 Å². The van der Waals surface area contributed by atoms with E-state index in [0.717, 1.165) is 0 Å². The minimum absolute atomic E-state index is 0.550. The second-order valence-corrected chi connectivity index (χ2v) is 4.57. The molecule has 78 valence electrons. The minimum Gasteiger partial charge on any atom is -0.0778 e. The highest BCUT2D eigenvalue weighted by atomic mass is 14.2. The zero-order valence-electron chi connectivity index (χ0n) is 9.70. The van der Waals surface area contributed by atoms with Crippen LogP contribution in [0, 0.1) is 12.8 Å². The Hall–Kier alpha value is -1.30. The summed E-state index contributed by atoms with van der Waals surface area (Å²) in [6.07, 6.45) is 6.90. The topological polar surface area (TPSA) is 0 Å².